The number of hydrogen-bond acceptors (Lipinski definition) is 2. The largest absolute Gasteiger partial charge is 0.340 e. The van der Waals surface area contributed by atoms with E-state index in [1.807, 2.05) is 13.8 Å². The van der Waals surface area contributed by atoms with Crippen LogP contribution in [-0.4, -0.2) is 23.9 Å². The standard InChI is InChI=1S/C13H19FN2O.ClH/c1-9(2)12(15)13(17)16(3)8-10-6-4-5-7-11(10)14;/h4-7,9,12H,8,15H2,1-3H3;1H/t12-;/m1./s1. The van der Waals surface area contributed by atoms with Crippen molar-refractivity contribution < 1.29 is 9.18 Å². The molecule has 5 heteroatoms. The molecule has 0 saturated heterocycles. The SMILES string of the molecule is CC(C)[C@@H](N)C(=O)N(C)Cc1ccccc1F.Cl. The molecule has 0 radical (unpaired) electrons. The van der Waals surface area contributed by atoms with Crippen molar-refractivity contribution in [3.05, 3.63) is 35.6 Å². The van der Waals surface area contributed by atoms with Gasteiger partial charge in [0.1, 0.15) is 5.82 Å². The maximum absolute atomic E-state index is 13.4. The number of carbonyl (C=O) groups excluding carboxylic acids is 1. The molecule has 102 valence electrons. The van der Waals surface area contributed by atoms with Gasteiger partial charge in [-0.15, -0.1) is 12.4 Å². The fraction of sp³-hybridized carbons (Fsp3) is 0.462. The third-order valence-corrected chi connectivity index (χ3v) is 2.74. The molecule has 0 fully saturated rings. The number of benzene rings is 1. The Bertz CT molecular complexity index is 398. The summed E-state index contributed by atoms with van der Waals surface area (Å²) < 4.78 is 13.4. The Morgan fingerprint density at radius 3 is 2.44 bits per heavy atom. The summed E-state index contributed by atoms with van der Waals surface area (Å²) in [6.07, 6.45) is 0. The molecule has 0 aliphatic rings. The van der Waals surface area contributed by atoms with Crippen molar-refractivity contribution in [2.24, 2.45) is 11.7 Å². The first-order valence-electron chi connectivity index (χ1n) is 5.67. The summed E-state index contributed by atoms with van der Waals surface area (Å²) in [6.45, 7) is 4.02. The van der Waals surface area contributed by atoms with Gasteiger partial charge in [-0.3, -0.25) is 4.79 Å². The summed E-state index contributed by atoms with van der Waals surface area (Å²) in [5.41, 5.74) is 6.27. The smallest absolute Gasteiger partial charge is 0.239 e. The molecule has 0 aliphatic heterocycles. The Kier molecular flexibility index (Phi) is 6.88. The number of rotatable bonds is 4. The van der Waals surface area contributed by atoms with E-state index < -0.39 is 6.04 Å². The molecule has 1 aromatic carbocycles. The van der Waals surface area contributed by atoms with Gasteiger partial charge in [0.05, 0.1) is 6.04 Å². The zero-order valence-electron chi connectivity index (χ0n) is 10.9. The van der Waals surface area contributed by atoms with E-state index >= 15 is 0 Å². The van der Waals surface area contributed by atoms with E-state index in [0.717, 1.165) is 0 Å². The van der Waals surface area contributed by atoms with E-state index in [-0.39, 0.29) is 36.6 Å². The number of hydrogen-bond donors (Lipinski definition) is 1. The van der Waals surface area contributed by atoms with Crippen molar-refractivity contribution in [3.8, 4) is 0 Å². The van der Waals surface area contributed by atoms with Crippen LogP contribution in [0.3, 0.4) is 0 Å². The van der Waals surface area contributed by atoms with Crippen LogP contribution >= 0.6 is 12.4 Å². The lowest BCUT2D eigenvalue weighted by atomic mass is 10.0. The number of likely N-dealkylation sites (N-methyl/N-ethyl adjacent to an activating group) is 1. The van der Waals surface area contributed by atoms with Crippen LogP contribution in [0.15, 0.2) is 24.3 Å². The molecule has 0 aromatic heterocycles. The van der Waals surface area contributed by atoms with Crippen LogP contribution in [0.5, 0.6) is 0 Å². The Hall–Kier alpha value is -1.13. The lowest BCUT2D eigenvalue weighted by Crippen LogP contribution is -2.44. The highest BCUT2D eigenvalue weighted by molar-refractivity contribution is 5.85. The highest BCUT2D eigenvalue weighted by atomic mass is 35.5. The molecule has 0 spiro atoms. The van der Waals surface area contributed by atoms with E-state index in [1.54, 1.807) is 25.2 Å². The first-order chi connectivity index (χ1) is 7.93. The van der Waals surface area contributed by atoms with Crippen LogP contribution in [0.25, 0.3) is 0 Å². The molecule has 3 nitrogen and oxygen atoms in total. The van der Waals surface area contributed by atoms with Gasteiger partial charge < -0.3 is 10.6 Å². The van der Waals surface area contributed by atoms with E-state index in [0.29, 0.717) is 5.56 Å². The molecule has 0 bridgehead atoms. The Balaban J connectivity index is 0.00000289. The minimum atomic E-state index is -0.535. The summed E-state index contributed by atoms with van der Waals surface area (Å²) >= 11 is 0. The first kappa shape index (κ1) is 16.9. The summed E-state index contributed by atoms with van der Waals surface area (Å²) in [5, 5.41) is 0. The van der Waals surface area contributed by atoms with E-state index in [4.69, 9.17) is 5.73 Å². The second-order valence-corrected chi connectivity index (χ2v) is 4.56. The minimum Gasteiger partial charge on any atom is -0.340 e. The number of halogens is 2. The van der Waals surface area contributed by atoms with E-state index in [2.05, 4.69) is 0 Å². The van der Waals surface area contributed by atoms with E-state index in [9.17, 15) is 9.18 Å². The molecule has 18 heavy (non-hydrogen) atoms. The van der Waals surface area contributed by atoms with Crippen LogP contribution in [0.2, 0.25) is 0 Å². The van der Waals surface area contributed by atoms with Gasteiger partial charge in [-0.05, 0) is 12.0 Å². The monoisotopic (exact) mass is 274 g/mol. The maximum atomic E-state index is 13.4. The summed E-state index contributed by atoms with van der Waals surface area (Å²) in [6, 6.07) is 5.89. The van der Waals surface area contributed by atoms with E-state index in [1.165, 1.54) is 11.0 Å². The molecule has 0 saturated carbocycles. The fourth-order valence-corrected chi connectivity index (χ4v) is 1.50. The summed E-state index contributed by atoms with van der Waals surface area (Å²) in [4.78, 5) is 13.3. The maximum Gasteiger partial charge on any atom is 0.239 e. The van der Waals surface area contributed by atoms with Gasteiger partial charge in [-0.2, -0.15) is 0 Å². The van der Waals surface area contributed by atoms with Crippen LogP contribution in [0, 0.1) is 11.7 Å². The van der Waals surface area contributed by atoms with Gasteiger partial charge in [0.15, 0.2) is 0 Å². The van der Waals surface area contributed by atoms with Gasteiger partial charge in [0.25, 0.3) is 0 Å². The molecule has 0 unspecified atom stereocenters. The van der Waals surface area contributed by atoms with Crippen molar-refractivity contribution in [1.82, 2.24) is 4.90 Å². The molecule has 1 rings (SSSR count). The van der Waals surface area contributed by atoms with Gasteiger partial charge in [0.2, 0.25) is 5.91 Å². The topological polar surface area (TPSA) is 46.3 Å². The summed E-state index contributed by atoms with van der Waals surface area (Å²) in [5.74, 6) is -0.390. The normalized spacial score (nSPS) is 11.9. The lowest BCUT2D eigenvalue weighted by Gasteiger charge is -2.23. The predicted molar refractivity (Wildman–Crippen MR) is 72.9 cm³/mol. The number of nitrogens with two attached hydrogens (primary N) is 1. The second-order valence-electron chi connectivity index (χ2n) is 4.56. The second kappa shape index (κ2) is 7.34. The quantitative estimate of drug-likeness (QED) is 0.915. The van der Waals surface area contributed by atoms with Crippen molar-refractivity contribution in [2.45, 2.75) is 26.4 Å². The first-order valence-corrected chi connectivity index (χ1v) is 5.67. The molecule has 0 aliphatic carbocycles. The van der Waals surface area contributed by atoms with Crippen molar-refractivity contribution in [3.63, 3.8) is 0 Å². The van der Waals surface area contributed by atoms with Crippen LogP contribution in [-0.2, 0) is 11.3 Å². The van der Waals surface area contributed by atoms with Gasteiger partial charge in [-0.1, -0.05) is 32.0 Å². The molecule has 2 N–H and O–H groups in total. The molecular formula is C13H20ClFN2O. The Labute approximate surface area is 114 Å². The van der Waals surface area contributed by atoms with Gasteiger partial charge >= 0.3 is 0 Å². The third kappa shape index (κ3) is 4.27. The van der Waals surface area contributed by atoms with Crippen molar-refractivity contribution >= 4 is 18.3 Å². The average Bonchev–Trinajstić information content (AvgIpc) is 2.30. The fourth-order valence-electron chi connectivity index (χ4n) is 1.50. The molecule has 1 aromatic rings. The van der Waals surface area contributed by atoms with Crippen LogP contribution in [0.1, 0.15) is 19.4 Å². The molecule has 0 heterocycles. The summed E-state index contributed by atoms with van der Waals surface area (Å²) in [7, 11) is 1.64. The molecule has 1 atom stereocenters. The van der Waals surface area contributed by atoms with Gasteiger partial charge in [-0.25, -0.2) is 4.39 Å². The van der Waals surface area contributed by atoms with Crippen LogP contribution < -0.4 is 5.73 Å². The number of carbonyl (C=O) groups is 1. The van der Waals surface area contributed by atoms with Gasteiger partial charge in [0, 0.05) is 19.2 Å². The van der Waals surface area contributed by atoms with Crippen molar-refractivity contribution in [2.75, 3.05) is 7.05 Å². The zero-order valence-corrected chi connectivity index (χ0v) is 11.7. The number of amides is 1. The Morgan fingerprint density at radius 2 is 1.94 bits per heavy atom. The van der Waals surface area contributed by atoms with Crippen molar-refractivity contribution in [1.29, 1.82) is 0 Å². The highest BCUT2D eigenvalue weighted by Crippen LogP contribution is 2.10. The predicted octanol–water partition coefficient (Wildman–Crippen LogP) is 2.19. The van der Waals surface area contributed by atoms with Crippen LogP contribution in [0.4, 0.5) is 4.39 Å². The minimum absolute atomic E-state index is 0. The Morgan fingerprint density at radius 1 is 1.39 bits per heavy atom. The molecule has 1 amide bonds. The number of nitrogens with zero attached hydrogens (tertiary/aromatic N) is 1. The lowest BCUT2D eigenvalue weighted by molar-refractivity contribution is -0.132. The third-order valence-electron chi connectivity index (χ3n) is 2.74. The highest BCUT2D eigenvalue weighted by Gasteiger charge is 2.21. The average molecular weight is 275 g/mol. The molecular weight excluding hydrogens is 255 g/mol. The zero-order chi connectivity index (χ0) is 13.0.